The third-order valence-electron chi connectivity index (χ3n) is 22.7. The number of rotatable bonds is 85. The maximum Gasteiger partial charge on any atom is 0.470 e. The van der Waals surface area contributed by atoms with Crippen molar-refractivity contribution < 1.29 is 86.3 Å². The first kappa shape index (κ1) is 109. The lowest BCUT2D eigenvalue weighted by molar-refractivity contribution is -0.272. The van der Waals surface area contributed by atoms with Gasteiger partial charge in [-0.15, -0.1) is 0 Å². The van der Waals surface area contributed by atoms with Gasteiger partial charge in [0.05, 0.1) is 45.1 Å². The van der Waals surface area contributed by atoms with Crippen molar-refractivity contribution in [3.8, 4) is 0 Å². The fraction of sp³-hybridized carbons (Fsp3) is 0.935. The molecule has 0 radical (unpaired) electrons. The van der Waals surface area contributed by atoms with Crippen molar-refractivity contribution in [1.29, 1.82) is 0 Å². The molecule has 0 spiro atoms. The van der Waals surface area contributed by atoms with Gasteiger partial charge in [-0.05, 0) is 57.8 Å². The number of ether oxygens (including phenoxy) is 6. The van der Waals surface area contributed by atoms with Crippen molar-refractivity contribution in [2.45, 2.75) is 540 Å². The number of carbonyl (C=O) groups is 6. The summed E-state index contributed by atoms with van der Waals surface area (Å²) in [6.45, 7) is 11.1. The fourth-order valence-corrected chi connectivity index (χ4v) is 16.2. The molecule has 114 heavy (non-hydrogen) atoms. The molecule has 6 N–H and O–H groups in total. The Morgan fingerprint density at radius 1 is 0.351 bits per heavy atom. The number of unbranched alkanes of at least 4 members (excludes halogenated alkanes) is 54. The number of carbonyl (C=O) groups excluding carboxylic acids is 6. The molecule has 1 aliphatic heterocycles. The molecule has 0 aromatic carbocycles. The van der Waals surface area contributed by atoms with Crippen molar-refractivity contribution in [2.24, 2.45) is 0 Å². The van der Waals surface area contributed by atoms with E-state index in [4.69, 9.17) is 32.9 Å². The summed E-state index contributed by atoms with van der Waals surface area (Å²) < 4.78 is 55.8. The Bertz CT molecular complexity index is 2300. The van der Waals surface area contributed by atoms with E-state index in [1.54, 1.807) is 0 Å². The van der Waals surface area contributed by atoms with Crippen LogP contribution >= 0.6 is 7.82 Å². The van der Waals surface area contributed by atoms with Crippen LogP contribution in [0.15, 0.2) is 0 Å². The van der Waals surface area contributed by atoms with Gasteiger partial charge in [0.25, 0.3) is 0 Å². The summed E-state index contributed by atoms with van der Waals surface area (Å²) in [5.41, 5.74) is 0. The fourth-order valence-electron chi connectivity index (χ4n) is 15.6. The third-order valence-corrected chi connectivity index (χ3v) is 23.2. The van der Waals surface area contributed by atoms with Crippen LogP contribution in [0.4, 0.5) is 0 Å². The van der Waals surface area contributed by atoms with Gasteiger partial charge in [-0.25, -0.2) is 4.57 Å². The van der Waals surface area contributed by atoms with Crippen molar-refractivity contribution >= 4 is 43.5 Å². The molecule has 20 nitrogen and oxygen atoms in total. The van der Waals surface area contributed by atoms with Crippen LogP contribution in [0.25, 0.3) is 0 Å². The predicted octanol–water partition coefficient (Wildman–Crippen LogP) is 23.8. The summed E-state index contributed by atoms with van der Waals surface area (Å²) in [4.78, 5) is 106. The topological polar surface area (TPSA) is 289 Å². The number of hydrogen-bond acceptors (Lipinski definition) is 16. The predicted molar refractivity (Wildman–Crippen MR) is 462 cm³/mol. The number of phosphoric acid groups is 1. The van der Waals surface area contributed by atoms with E-state index in [0.717, 1.165) is 173 Å². The number of nitrogens with one attached hydrogen (secondary N) is 2. The molecular formula is C93H177N2O18P. The molecule has 2 amide bonds. The molecule has 1 heterocycles. The number of amides is 2. The molecule has 21 heteroatoms. The number of phosphoric ester groups is 1. The van der Waals surface area contributed by atoms with Gasteiger partial charge in [-0.1, -0.05) is 388 Å². The van der Waals surface area contributed by atoms with E-state index < -0.39 is 119 Å². The molecule has 2 unspecified atom stereocenters. The normalized spacial score (nSPS) is 16.8. The molecule has 0 aliphatic carbocycles. The van der Waals surface area contributed by atoms with Gasteiger partial charge in [0.15, 0.2) is 12.4 Å². The molecule has 672 valence electrons. The summed E-state index contributed by atoms with van der Waals surface area (Å²) in [6, 6.07) is -2.81. The minimum absolute atomic E-state index is 0.154. The maximum atomic E-state index is 15.0. The van der Waals surface area contributed by atoms with Crippen LogP contribution in [0.1, 0.15) is 485 Å². The van der Waals surface area contributed by atoms with Gasteiger partial charge in [-0.3, -0.25) is 33.3 Å². The minimum atomic E-state index is -5.53. The molecule has 9 atom stereocenters. The zero-order valence-electron chi connectivity index (χ0n) is 74.1. The Kier molecular flexibility index (Phi) is 74.7. The summed E-state index contributed by atoms with van der Waals surface area (Å²) in [6.07, 6.45) is 56.3. The molecule has 0 aromatic rings. The van der Waals surface area contributed by atoms with E-state index in [9.17, 15) is 53.3 Å². The van der Waals surface area contributed by atoms with Crippen LogP contribution in [0.5, 0.6) is 0 Å². The van der Waals surface area contributed by atoms with Crippen LogP contribution < -0.4 is 10.6 Å². The summed E-state index contributed by atoms with van der Waals surface area (Å²) >= 11 is 0. The highest BCUT2D eigenvalue weighted by molar-refractivity contribution is 7.46. The largest absolute Gasteiger partial charge is 0.470 e. The standard InChI is InChI=1S/C93H177N2O18P/c1-7-13-19-25-31-37-40-46-52-58-64-70-86(100)108-80(67-61-55-49-43-34-28-22-16-10-4)73-84(98)94-79(76-96)78-107-93-90(95-85(99)74-81(68-62-56-50-44-35-29-23-17-11-5)109-87(101)71-65-59-53-47-41-38-32-26-20-14-8-2)92(91(83(77-97)111-93)113-114(104,105)106)112-89(103)75-82(69-63-57-51-45-36-30-24-18-12-6)110-88(102)72-66-60-54-48-42-39-33-27-21-15-9-3/h79-83,90-93,96-97H,7-78H2,1-6H3,(H,94,98)(H,95,99)(H2,104,105,106)/t79-,80-,81-,82-,83?,90+,91+,92?,93-/m1/s1. The van der Waals surface area contributed by atoms with Crippen LogP contribution in [0.3, 0.4) is 0 Å². The second kappa shape index (κ2) is 78.3. The monoisotopic (exact) mass is 1640 g/mol. The summed E-state index contributed by atoms with van der Waals surface area (Å²) in [7, 11) is -5.53. The number of aliphatic hydroxyl groups is 2. The van der Waals surface area contributed by atoms with Crippen molar-refractivity contribution in [3.63, 3.8) is 0 Å². The van der Waals surface area contributed by atoms with Crippen molar-refractivity contribution in [1.82, 2.24) is 10.6 Å². The number of esters is 4. The highest BCUT2D eigenvalue weighted by atomic mass is 31.2. The van der Waals surface area contributed by atoms with Crippen LogP contribution in [-0.4, -0.2) is 131 Å². The third kappa shape index (κ3) is 65.6. The zero-order chi connectivity index (χ0) is 83.4. The van der Waals surface area contributed by atoms with Gasteiger partial charge in [0.1, 0.15) is 36.6 Å². The number of hydrogen-bond donors (Lipinski definition) is 6. The first-order valence-corrected chi connectivity index (χ1v) is 49.6. The van der Waals surface area contributed by atoms with Gasteiger partial charge in [-0.2, -0.15) is 0 Å². The van der Waals surface area contributed by atoms with E-state index >= 15 is 0 Å². The first-order valence-electron chi connectivity index (χ1n) is 48.1. The molecule has 1 aliphatic rings. The quantitative estimate of drug-likeness (QED) is 0.0143. The number of aliphatic hydroxyl groups excluding tert-OH is 2. The molecule has 1 fully saturated rings. The minimum Gasteiger partial charge on any atom is -0.462 e. The lowest BCUT2D eigenvalue weighted by atomic mass is 9.95. The average molecular weight is 1640 g/mol. The first-order chi connectivity index (χ1) is 55.5. The Hall–Kier alpha value is -3.23. The van der Waals surface area contributed by atoms with Crippen LogP contribution in [0.2, 0.25) is 0 Å². The molecule has 1 rings (SSSR count). The second-order valence-corrected chi connectivity index (χ2v) is 35.0. The summed E-state index contributed by atoms with van der Waals surface area (Å²) in [5, 5.41) is 27.7. The maximum absolute atomic E-state index is 15.0. The van der Waals surface area contributed by atoms with Crippen LogP contribution in [0, 0.1) is 0 Å². The van der Waals surface area contributed by atoms with Crippen LogP contribution in [-0.2, 0) is 66.3 Å². The highest BCUT2D eigenvalue weighted by Gasteiger charge is 2.52. The molecule has 0 aromatic heterocycles. The Morgan fingerprint density at radius 3 is 0.904 bits per heavy atom. The van der Waals surface area contributed by atoms with Gasteiger partial charge >= 0.3 is 31.7 Å². The van der Waals surface area contributed by atoms with Crippen molar-refractivity contribution in [2.75, 3.05) is 19.8 Å². The Balaban J connectivity index is 3.78. The van der Waals surface area contributed by atoms with E-state index in [0.29, 0.717) is 51.4 Å². The van der Waals surface area contributed by atoms with E-state index in [-0.39, 0.29) is 38.1 Å². The molecule has 0 bridgehead atoms. The van der Waals surface area contributed by atoms with E-state index in [1.165, 1.54) is 180 Å². The second-order valence-electron chi connectivity index (χ2n) is 33.8. The Labute approximate surface area is 696 Å². The SMILES string of the molecule is CCCCCCCCCCCCCC(=O)O[C@H](CCCCCCCCCCC)CC(=O)N[C@H](CO)CO[C@@H]1OC(CO)[C@H](OP(=O)(O)O)C(OC(=O)C[C@@H](CCCCCCCCCCC)OC(=O)CCCCCCCCCCCCC)[C@@H]1NC(=O)C[C@@H](CCCCCCCCCCC)OC(=O)CCCCCCCCCCCCC. The van der Waals surface area contributed by atoms with Gasteiger partial charge in [0, 0.05) is 19.3 Å². The van der Waals surface area contributed by atoms with E-state index in [1.807, 2.05) is 0 Å². The Morgan fingerprint density at radius 2 is 0.623 bits per heavy atom. The molecule has 0 saturated carbocycles. The average Bonchev–Trinajstić information content (AvgIpc) is 0.780. The van der Waals surface area contributed by atoms with Gasteiger partial charge in [0.2, 0.25) is 11.8 Å². The molecular weight excluding hydrogens is 1460 g/mol. The lowest BCUT2D eigenvalue weighted by Gasteiger charge is -2.45. The smallest absolute Gasteiger partial charge is 0.462 e. The van der Waals surface area contributed by atoms with Crippen molar-refractivity contribution in [3.05, 3.63) is 0 Å². The molecule has 1 saturated heterocycles. The summed E-state index contributed by atoms with van der Waals surface area (Å²) in [5.74, 6) is -3.47. The van der Waals surface area contributed by atoms with E-state index in [2.05, 4.69) is 52.2 Å². The van der Waals surface area contributed by atoms with Gasteiger partial charge < -0.3 is 59.1 Å². The zero-order valence-corrected chi connectivity index (χ0v) is 75.0. The highest BCUT2D eigenvalue weighted by Crippen LogP contribution is 2.43. The lowest BCUT2D eigenvalue weighted by Crippen LogP contribution is -2.66.